The topological polar surface area (TPSA) is 87.8 Å². The van der Waals surface area contributed by atoms with Gasteiger partial charge in [-0.15, -0.1) is 0 Å². The normalized spacial score (nSPS) is 11.3. The quantitative estimate of drug-likeness (QED) is 0.902. The Morgan fingerprint density at radius 3 is 2.86 bits per heavy atom. The number of nitrogens with zero attached hydrogens (tertiary/aromatic N) is 3. The highest BCUT2D eigenvalue weighted by Gasteiger charge is 2.16. The van der Waals surface area contributed by atoms with Crippen LogP contribution in [0.15, 0.2) is 35.4 Å². The molecule has 1 aromatic heterocycles. The molecule has 21 heavy (non-hydrogen) atoms. The van der Waals surface area contributed by atoms with Crippen molar-refractivity contribution < 1.29 is 8.42 Å². The first-order valence-corrected chi connectivity index (χ1v) is 7.96. The molecule has 1 aromatic carbocycles. The molecule has 0 saturated carbocycles. The molecule has 2 aromatic rings. The van der Waals surface area contributed by atoms with Crippen LogP contribution in [-0.4, -0.2) is 18.2 Å². The molecule has 0 aliphatic carbocycles. The summed E-state index contributed by atoms with van der Waals surface area (Å²) in [5, 5.41) is 13.1. The van der Waals surface area contributed by atoms with Crippen LogP contribution in [0.5, 0.6) is 0 Å². The van der Waals surface area contributed by atoms with Gasteiger partial charge in [-0.05, 0) is 24.6 Å². The second kappa shape index (κ2) is 6.08. The van der Waals surface area contributed by atoms with Crippen molar-refractivity contribution in [1.82, 2.24) is 14.5 Å². The molecule has 0 radical (unpaired) electrons. The lowest BCUT2D eigenvalue weighted by Crippen LogP contribution is -2.23. The zero-order valence-electron chi connectivity index (χ0n) is 11.9. The molecule has 0 aliphatic heterocycles. The summed E-state index contributed by atoms with van der Waals surface area (Å²) in [4.78, 5) is 0.0866. The van der Waals surface area contributed by atoms with E-state index in [1.165, 1.54) is 12.1 Å². The SMILES string of the molecule is CCc1nn(C)cc1CNS(=O)(=O)c1cccc(C#N)c1. The number of hydrogen-bond acceptors (Lipinski definition) is 4. The van der Waals surface area contributed by atoms with Gasteiger partial charge in [-0.2, -0.15) is 10.4 Å². The summed E-state index contributed by atoms with van der Waals surface area (Å²) in [6.45, 7) is 2.15. The van der Waals surface area contributed by atoms with Gasteiger partial charge in [-0.25, -0.2) is 13.1 Å². The second-order valence-corrected chi connectivity index (χ2v) is 6.36. The van der Waals surface area contributed by atoms with Gasteiger partial charge in [0.2, 0.25) is 10.0 Å². The Morgan fingerprint density at radius 1 is 1.43 bits per heavy atom. The lowest BCUT2D eigenvalue weighted by molar-refractivity contribution is 0.581. The zero-order valence-corrected chi connectivity index (χ0v) is 12.7. The van der Waals surface area contributed by atoms with Gasteiger partial charge in [0.15, 0.2) is 0 Å². The van der Waals surface area contributed by atoms with Crippen LogP contribution in [0.2, 0.25) is 0 Å². The van der Waals surface area contributed by atoms with Crippen LogP contribution in [0.1, 0.15) is 23.7 Å². The number of benzene rings is 1. The summed E-state index contributed by atoms with van der Waals surface area (Å²) in [7, 11) is -1.85. The third kappa shape index (κ3) is 3.48. The molecule has 110 valence electrons. The molecule has 0 aliphatic rings. The van der Waals surface area contributed by atoms with Crippen LogP contribution in [0.25, 0.3) is 0 Å². The van der Waals surface area contributed by atoms with Crippen molar-refractivity contribution in [3.63, 3.8) is 0 Å². The molecule has 0 bridgehead atoms. The number of aryl methyl sites for hydroxylation is 2. The van der Waals surface area contributed by atoms with Crippen LogP contribution in [0.3, 0.4) is 0 Å². The number of nitrogens with one attached hydrogen (secondary N) is 1. The van der Waals surface area contributed by atoms with Crippen molar-refractivity contribution in [2.75, 3.05) is 0 Å². The third-order valence-corrected chi connectivity index (χ3v) is 4.45. The molecule has 6 nitrogen and oxygen atoms in total. The molecule has 2 rings (SSSR count). The number of aromatic nitrogens is 2. The molecule has 1 heterocycles. The van der Waals surface area contributed by atoms with Crippen molar-refractivity contribution >= 4 is 10.0 Å². The van der Waals surface area contributed by atoms with E-state index in [0.29, 0.717) is 5.56 Å². The number of sulfonamides is 1. The monoisotopic (exact) mass is 304 g/mol. The maximum Gasteiger partial charge on any atom is 0.240 e. The fourth-order valence-electron chi connectivity index (χ4n) is 2.02. The van der Waals surface area contributed by atoms with Crippen LogP contribution in [0.4, 0.5) is 0 Å². The van der Waals surface area contributed by atoms with E-state index < -0.39 is 10.0 Å². The summed E-state index contributed by atoms with van der Waals surface area (Å²) in [5.74, 6) is 0. The Balaban J connectivity index is 2.20. The maximum atomic E-state index is 12.2. The Hall–Kier alpha value is -2.17. The van der Waals surface area contributed by atoms with E-state index in [2.05, 4.69) is 9.82 Å². The van der Waals surface area contributed by atoms with E-state index in [-0.39, 0.29) is 11.4 Å². The van der Waals surface area contributed by atoms with Gasteiger partial charge < -0.3 is 0 Å². The van der Waals surface area contributed by atoms with E-state index >= 15 is 0 Å². The zero-order chi connectivity index (χ0) is 15.5. The lowest BCUT2D eigenvalue weighted by atomic mass is 10.2. The van der Waals surface area contributed by atoms with E-state index in [4.69, 9.17) is 5.26 Å². The van der Waals surface area contributed by atoms with Crippen molar-refractivity contribution in [2.45, 2.75) is 24.8 Å². The van der Waals surface area contributed by atoms with E-state index in [0.717, 1.165) is 17.7 Å². The van der Waals surface area contributed by atoms with Gasteiger partial charge in [0.05, 0.1) is 22.2 Å². The number of rotatable bonds is 5. The number of hydrogen-bond donors (Lipinski definition) is 1. The van der Waals surface area contributed by atoms with Crippen molar-refractivity contribution in [2.24, 2.45) is 7.05 Å². The van der Waals surface area contributed by atoms with E-state index in [1.807, 2.05) is 13.0 Å². The van der Waals surface area contributed by atoms with Crippen molar-refractivity contribution in [3.05, 3.63) is 47.3 Å². The highest BCUT2D eigenvalue weighted by molar-refractivity contribution is 7.89. The minimum atomic E-state index is -3.64. The molecule has 0 unspecified atom stereocenters. The van der Waals surface area contributed by atoms with E-state index in [1.54, 1.807) is 30.1 Å². The van der Waals surface area contributed by atoms with Gasteiger partial charge in [-0.3, -0.25) is 4.68 Å². The predicted molar refractivity (Wildman–Crippen MR) is 77.8 cm³/mol. The largest absolute Gasteiger partial charge is 0.275 e. The molecule has 7 heteroatoms. The highest BCUT2D eigenvalue weighted by Crippen LogP contribution is 2.13. The van der Waals surface area contributed by atoms with Crippen LogP contribution in [-0.2, 0) is 30.0 Å². The average Bonchev–Trinajstić information content (AvgIpc) is 2.85. The first kappa shape index (κ1) is 15.2. The summed E-state index contributed by atoms with van der Waals surface area (Å²) in [6, 6.07) is 7.86. The van der Waals surface area contributed by atoms with Gasteiger partial charge >= 0.3 is 0 Å². The van der Waals surface area contributed by atoms with Crippen molar-refractivity contribution in [1.29, 1.82) is 5.26 Å². The lowest BCUT2D eigenvalue weighted by Gasteiger charge is -2.06. The molecule has 0 amide bonds. The summed E-state index contributed by atoms with van der Waals surface area (Å²) in [6.07, 6.45) is 2.54. The molecule has 1 N–H and O–H groups in total. The third-order valence-electron chi connectivity index (χ3n) is 3.05. The minimum Gasteiger partial charge on any atom is -0.275 e. The molecule has 0 atom stereocenters. The number of nitriles is 1. The average molecular weight is 304 g/mol. The Bertz CT molecular complexity index is 788. The van der Waals surface area contributed by atoms with Crippen LogP contribution < -0.4 is 4.72 Å². The van der Waals surface area contributed by atoms with Crippen LogP contribution >= 0.6 is 0 Å². The minimum absolute atomic E-state index is 0.0866. The molecule has 0 spiro atoms. The maximum absolute atomic E-state index is 12.2. The molecule has 0 saturated heterocycles. The van der Waals surface area contributed by atoms with Crippen LogP contribution in [0, 0.1) is 11.3 Å². The summed E-state index contributed by atoms with van der Waals surface area (Å²) in [5.41, 5.74) is 2.03. The smallest absolute Gasteiger partial charge is 0.240 e. The fraction of sp³-hybridized carbons (Fsp3) is 0.286. The van der Waals surface area contributed by atoms with Gasteiger partial charge in [0.25, 0.3) is 0 Å². The Labute approximate surface area is 124 Å². The Morgan fingerprint density at radius 2 is 2.19 bits per heavy atom. The van der Waals surface area contributed by atoms with Crippen molar-refractivity contribution in [3.8, 4) is 6.07 Å². The van der Waals surface area contributed by atoms with Gasteiger partial charge in [0, 0.05) is 25.4 Å². The molecule has 0 fully saturated rings. The fourth-order valence-corrected chi connectivity index (χ4v) is 3.07. The highest BCUT2D eigenvalue weighted by atomic mass is 32.2. The van der Waals surface area contributed by atoms with Gasteiger partial charge in [-0.1, -0.05) is 13.0 Å². The van der Waals surface area contributed by atoms with Gasteiger partial charge in [0.1, 0.15) is 0 Å². The predicted octanol–water partition coefficient (Wildman–Crippen LogP) is 1.33. The first-order valence-electron chi connectivity index (χ1n) is 6.47. The molecular formula is C14H16N4O2S. The summed E-state index contributed by atoms with van der Waals surface area (Å²) < 4.78 is 28.7. The van der Waals surface area contributed by atoms with E-state index in [9.17, 15) is 8.42 Å². The second-order valence-electron chi connectivity index (χ2n) is 4.59. The molecular weight excluding hydrogens is 288 g/mol. The first-order chi connectivity index (χ1) is 9.96. The standard InChI is InChI=1S/C14H16N4O2S/c1-3-14-12(10-18(2)17-14)9-16-21(19,20)13-6-4-5-11(7-13)8-15/h4-7,10,16H,3,9H2,1-2H3. The Kier molecular flexibility index (Phi) is 4.40. The summed E-state index contributed by atoms with van der Waals surface area (Å²) >= 11 is 0.